The molecule has 0 bridgehead atoms. The molecule has 0 N–H and O–H groups in total. The summed E-state index contributed by atoms with van der Waals surface area (Å²) in [6.45, 7) is 0.974. The van der Waals surface area contributed by atoms with E-state index >= 15 is 0 Å². The number of ether oxygens (including phenoxy) is 2. The quantitative estimate of drug-likeness (QED) is 0.624. The van der Waals surface area contributed by atoms with Gasteiger partial charge in [-0.1, -0.05) is 0 Å². The van der Waals surface area contributed by atoms with Crippen LogP contribution in [0.5, 0.6) is 0 Å². The van der Waals surface area contributed by atoms with Crippen molar-refractivity contribution in [1.29, 1.82) is 0 Å². The Bertz CT molecular complexity index is 196. The summed E-state index contributed by atoms with van der Waals surface area (Å²) in [4.78, 5) is 0. The summed E-state index contributed by atoms with van der Waals surface area (Å²) in [6.07, 6.45) is 0.464. The van der Waals surface area contributed by atoms with Gasteiger partial charge in [-0.05, 0) is 45.4 Å². The van der Waals surface area contributed by atoms with E-state index in [1.165, 1.54) is 0 Å². The van der Waals surface area contributed by atoms with Crippen molar-refractivity contribution in [3.05, 3.63) is 0 Å². The van der Waals surface area contributed by atoms with Crippen LogP contribution in [-0.4, -0.2) is 38.0 Å². The maximum absolute atomic E-state index is 14.1. The van der Waals surface area contributed by atoms with E-state index in [1.54, 1.807) is 6.92 Å². The molecule has 1 saturated heterocycles. The minimum atomic E-state index is -1.19. The largest absolute Gasteiger partial charge is 0.347 e. The molecule has 5 heteroatoms. The Balaban J connectivity index is 2.37. The van der Waals surface area contributed by atoms with E-state index < -0.39 is 24.7 Å². The van der Waals surface area contributed by atoms with Crippen LogP contribution in [0.4, 0.5) is 13.2 Å². The van der Waals surface area contributed by atoms with Gasteiger partial charge in [0, 0.05) is 0 Å². The second-order valence-corrected chi connectivity index (χ2v) is 4.73. The van der Waals surface area contributed by atoms with Gasteiger partial charge in [-0.2, -0.15) is 0 Å². The summed E-state index contributed by atoms with van der Waals surface area (Å²) in [6, 6.07) is 0. The van der Waals surface area contributed by atoms with Gasteiger partial charge in [0.25, 0.3) is 0 Å². The Morgan fingerprint density at radius 1 is 0.833 bits per heavy atom. The molecule has 2 nitrogen and oxygen atoms in total. The van der Waals surface area contributed by atoms with Crippen LogP contribution in [0.25, 0.3) is 0 Å². The summed E-state index contributed by atoms with van der Waals surface area (Å²) in [7, 11) is 0. The van der Waals surface area contributed by atoms with Crippen LogP contribution in [-0.2, 0) is 9.47 Å². The number of hydrogen-bond donors (Lipinski definition) is 0. The van der Waals surface area contributed by atoms with Crippen LogP contribution in [0.1, 0.15) is 45.4 Å². The average Bonchev–Trinajstić information content (AvgIpc) is 2.35. The van der Waals surface area contributed by atoms with E-state index in [0.29, 0.717) is 38.5 Å². The SMILES string of the molecule is CC1OC(CCCCF)C(F)C(CCCCF)O1. The van der Waals surface area contributed by atoms with E-state index in [0.717, 1.165) is 0 Å². The molecule has 0 aromatic heterocycles. The Morgan fingerprint density at radius 3 is 1.67 bits per heavy atom. The second-order valence-electron chi connectivity index (χ2n) is 4.73. The van der Waals surface area contributed by atoms with Gasteiger partial charge in [-0.25, -0.2) is 4.39 Å². The summed E-state index contributed by atoms with van der Waals surface area (Å²) in [5.74, 6) is 0. The van der Waals surface area contributed by atoms with Gasteiger partial charge in [0.15, 0.2) is 12.5 Å². The van der Waals surface area contributed by atoms with Crippen LogP contribution in [0, 0.1) is 0 Å². The summed E-state index contributed by atoms with van der Waals surface area (Å²) in [5, 5.41) is 0. The lowest BCUT2D eigenvalue weighted by Crippen LogP contribution is -2.47. The van der Waals surface area contributed by atoms with E-state index in [9.17, 15) is 13.2 Å². The highest BCUT2D eigenvalue weighted by Gasteiger charge is 2.37. The van der Waals surface area contributed by atoms with Gasteiger partial charge < -0.3 is 9.47 Å². The van der Waals surface area contributed by atoms with Gasteiger partial charge in [-0.3, -0.25) is 8.78 Å². The molecule has 0 aromatic carbocycles. The van der Waals surface area contributed by atoms with Crippen molar-refractivity contribution in [2.24, 2.45) is 0 Å². The molecular weight excluding hydrogens is 245 g/mol. The van der Waals surface area contributed by atoms with Crippen molar-refractivity contribution < 1.29 is 22.6 Å². The Morgan fingerprint density at radius 2 is 1.28 bits per heavy atom. The summed E-state index contributed by atoms with van der Waals surface area (Å²) >= 11 is 0. The predicted molar refractivity (Wildman–Crippen MR) is 63.8 cm³/mol. The van der Waals surface area contributed by atoms with Gasteiger partial charge in [-0.15, -0.1) is 0 Å². The van der Waals surface area contributed by atoms with Crippen LogP contribution in [0.3, 0.4) is 0 Å². The highest BCUT2D eigenvalue weighted by Crippen LogP contribution is 2.28. The van der Waals surface area contributed by atoms with Gasteiger partial charge >= 0.3 is 0 Å². The Labute approximate surface area is 107 Å². The predicted octanol–water partition coefficient (Wildman–Crippen LogP) is 3.73. The maximum Gasteiger partial charge on any atom is 0.155 e. The number of halogens is 3. The monoisotopic (exact) mass is 268 g/mol. The minimum Gasteiger partial charge on any atom is -0.347 e. The summed E-state index contributed by atoms with van der Waals surface area (Å²) < 4.78 is 48.9. The third kappa shape index (κ3) is 5.14. The fraction of sp³-hybridized carbons (Fsp3) is 1.00. The van der Waals surface area contributed by atoms with Crippen molar-refractivity contribution in [3.8, 4) is 0 Å². The zero-order valence-electron chi connectivity index (χ0n) is 10.9. The fourth-order valence-corrected chi connectivity index (χ4v) is 2.25. The molecule has 0 aromatic rings. The highest BCUT2D eigenvalue weighted by atomic mass is 19.1. The van der Waals surface area contributed by atoms with E-state index in [-0.39, 0.29) is 13.3 Å². The standard InChI is InChI=1S/C13H23F3O2/c1-10-17-11(6-2-4-8-14)13(16)12(18-10)7-3-5-9-15/h10-13H,2-9H2,1H3. The van der Waals surface area contributed by atoms with Gasteiger partial charge in [0.05, 0.1) is 25.6 Å². The third-order valence-corrected chi connectivity index (χ3v) is 3.19. The first-order valence-corrected chi connectivity index (χ1v) is 6.76. The van der Waals surface area contributed by atoms with Crippen LogP contribution >= 0.6 is 0 Å². The van der Waals surface area contributed by atoms with Gasteiger partial charge in [0.1, 0.15) is 0 Å². The normalized spacial score (nSPS) is 32.7. The molecule has 1 heterocycles. The smallest absolute Gasteiger partial charge is 0.155 e. The molecule has 18 heavy (non-hydrogen) atoms. The van der Waals surface area contributed by atoms with Gasteiger partial charge in [0.2, 0.25) is 0 Å². The maximum atomic E-state index is 14.1. The molecular formula is C13H23F3O2. The molecule has 0 radical (unpaired) electrons. The average molecular weight is 268 g/mol. The van der Waals surface area contributed by atoms with E-state index in [4.69, 9.17) is 9.47 Å². The first kappa shape index (κ1) is 15.8. The second kappa shape index (κ2) is 8.75. The molecule has 0 amide bonds. The molecule has 1 rings (SSSR count). The highest BCUT2D eigenvalue weighted by molar-refractivity contribution is 4.82. The first-order valence-electron chi connectivity index (χ1n) is 6.76. The minimum absolute atomic E-state index is 0.379. The first-order chi connectivity index (χ1) is 8.69. The molecule has 1 aliphatic rings. The topological polar surface area (TPSA) is 18.5 Å². The molecule has 0 spiro atoms. The van der Waals surface area contributed by atoms with Crippen molar-refractivity contribution in [2.75, 3.05) is 13.3 Å². The molecule has 1 fully saturated rings. The summed E-state index contributed by atoms with van der Waals surface area (Å²) in [5.41, 5.74) is 0. The number of hydrogen-bond acceptors (Lipinski definition) is 2. The molecule has 0 aliphatic carbocycles. The van der Waals surface area contributed by atoms with E-state index in [1.807, 2.05) is 0 Å². The van der Waals surface area contributed by atoms with E-state index in [2.05, 4.69) is 0 Å². The molecule has 108 valence electrons. The zero-order valence-corrected chi connectivity index (χ0v) is 10.9. The fourth-order valence-electron chi connectivity index (χ4n) is 2.25. The number of rotatable bonds is 8. The molecule has 1 aliphatic heterocycles. The number of unbranched alkanes of at least 4 members (excludes halogenated alkanes) is 2. The van der Waals surface area contributed by atoms with Crippen LogP contribution in [0.15, 0.2) is 0 Å². The lowest BCUT2D eigenvalue weighted by molar-refractivity contribution is -0.265. The molecule has 2 unspecified atom stereocenters. The molecule has 2 atom stereocenters. The Hall–Kier alpha value is -0.290. The van der Waals surface area contributed by atoms with Crippen molar-refractivity contribution in [3.63, 3.8) is 0 Å². The lowest BCUT2D eigenvalue weighted by Gasteiger charge is -2.37. The third-order valence-electron chi connectivity index (χ3n) is 3.19. The molecule has 0 saturated carbocycles. The van der Waals surface area contributed by atoms with Crippen LogP contribution in [0.2, 0.25) is 0 Å². The zero-order chi connectivity index (χ0) is 13.4. The van der Waals surface area contributed by atoms with Crippen LogP contribution < -0.4 is 0 Å². The van der Waals surface area contributed by atoms with Crippen molar-refractivity contribution in [1.82, 2.24) is 0 Å². The van der Waals surface area contributed by atoms with Crippen molar-refractivity contribution >= 4 is 0 Å². The Kier molecular flexibility index (Phi) is 7.66. The van der Waals surface area contributed by atoms with Crippen molar-refractivity contribution in [2.45, 2.75) is 70.1 Å². The lowest BCUT2D eigenvalue weighted by atomic mass is 9.98. The number of alkyl halides is 3.